The molecule has 0 spiro atoms. The van der Waals surface area contributed by atoms with E-state index in [1.807, 2.05) is 13.0 Å². The maximum absolute atomic E-state index is 13.0. The van der Waals surface area contributed by atoms with Crippen LogP contribution in [0.4, 0.5) is 5.69 Å². The smallest absolute Gasteiger partial charge is 0.246 e. The maximum Gasteiger partial charge on any atom is 0.246 e. The van der Waals surface area contributed by atoms with Gasteiger partial charge in [-0.05, 0) is 51.3 Å². The molecule has 0 saturated carbocycles. The van der Waals surface area contributed by atoms with Crippen molar-refractivity contribution in [2.24, 2.45) is 5.92 Å². The van der Waals surface area contributed by atoms with Crippen LogP contribution in [-0.2, 0) is 14.8 Å². The number of hydrogen-bond donors (Lipinski definition) is 2. The van der Waals surface area contributed by atoms with Crippen molar-refractivity contribution < 1.29 is 13.2 Å². The molecule has 1 amide bonds. The number of sulfonamides is 1. The van der Waals surface area contributed by atoms with Gasteiger partial charge in [0, 0.05) is 23.8 Å². The van der Waals surface area contributed by atoms with Crippen LogP contribution < -0.4 is 5.32 Å². The Labute approximate surface area is 164 Å². The molecule has 1 atom stereocenters. The number of aromatic nitrogens is 2. The van der Waals surface area contributed by atoms with E-state index < -0.39 is 15.9 Å². The Balaban J connectivity index is 1.75. The van der Waals surface area contributed by atoms with E-state index in [0.29, 0.717) is 41.5 Å². The average molecular weight is 411 g/mol. The Hall–Kier alpha value is -1.90. The lowest BCUT2D eigenvalue weighted by Gasteiger charge is -2.31. The summed E-state index contributed by atoms with van der Waals surface area (Å²) in [5.74, 6) is -0.614. The number of benzene rings is 1. The molecule has 1 aromatic heterocycles. The van der Waals surface area contributed by atoms with Crippen LogP contribution in [-0.4, -0.2) is 41.9 Å². The van der Waals surface area contributed by atoms with E-state index in [9.17, 15) is 13.2 Å². The second kappa shape index (κ2) is 7.61. The maximum atomic E-state index is 13.0. The summed E-state index contributed by atoms with van der Waals surface area (Å²) in [4.78, 5) is 12.9. The molecule has 2 aromatic rings. The first-order valence-electron chi connectivity index (χ1n) is 8.79. The Bertz CT molecular complexity index is 951. The highest BCUT2D eigenvalue weighted by molar-refractivity contribution is 7.89. The number of amides is 1. The highest BCUT2D eigenvalue weighted by Gasteiger charge is 2.35. The first-order chi connectivity index (χ1) is 12.7. The van der Waals surface area contributed by atoms with Gasteiger partial charge in [0.15, 0.2) is 0 Å². The summed E-state index contributed by atoms with van der Waals surface area (Å²) in [6, 6.07) is 5.32. The molecule has 3 rings (SSSR count). The van der Waals surface area contributed by atoms with Crippen molar-refractivity contribution in [3.63, 3.8) is 0 Å². The molecule has 2 N–H and O–H groups in total. The number of rotatable bonds is 4. The standard InChI is InChI=1S/C18H23ClN4O3S/c1-11-6-7-15(9-16(11)19)20-18(24)14-5-4-8-23(10-14)27(25,26)17-12(2)21-22-13(17)3/h6-7,9,14H,4-5,8,10H2,1-3H3,(H,20,24)(H,21,22)/t14-/m1/s1. The summed E-state index contributed by atoms with van der Waals surface area (Å²) in [6.45, 7) is 5.77. The van der Waals surface area contributed by atoms with Gasteiger partial charge in [-0.15, -0.1) is 0 Å². The summed E-state index contributed by atoms with van der Waals surface area (Å²) in [5.41, 5.74) is 2.48. The Morgan fingerprint density at radius 1 is 1.33 bits per heavy atom. The third-order valence-corrected chi connectivity index (χ3v) is 7.39. The molecule has 1 aromatic carbocycles. The van der Waals surface area contributed by atoms with Gasteiger partial charge in [0.1, 0.15) is 4.90 Å². The molecule has 1 saturated heterocycles. The number of carbonyl (C=O) groups is 1. The lowest BCUT2D eigenvalue weighted by Crippen LogP contribution is -2.43. The molecule has 7 nitrogen and oxygen atoms in total. The molecular formula is C18H23ClN4O3S. The zero-order valence-electron chi connectivity index (χ0n) is 15.5. The molecule has 1 aliphatic heterocycles. The molecular weight excluding hydrogens is 388 g/mol. The number of aromatic amines is 1. The summed E-state index contributed by atoms with van der Waals surface area (Å²) in [7, 11) is -3.69. The highest BCUT2D eigenvalue weighted by Crippen LogP contribution is 2.28. The molecule has 1 fully saturated rings. The van der Waals surface area contributed by atoms with E-state index >= 15 is 0 Å². The number of piperidine rings is 1. The molecule has 27 heavy (non-hydrogen) atoms. The zero-order chi connectivity index (χ0) is 19.8. The van der Waals surface area contributed by atoms with Gasteiger partial charge in [0.25, 0.3) is 0 Å². The number of nitrogens with one attached hydrogen (secondary N) is 2. The Morgan fingerprint density at radius 3 is 2.70 bits per heavy atom. The number of aryl methyl sites for hydroxylation is 3. The Morgan fingerprint density at radius 2 is 2.07 bits per heavy atom. The number of anilines is 1. The van der Waals surface area contributed by atoms with E-state index in [1.165, 1.54) is 4.31 Å². The summed E-state index contributed by atoms with van der Waals surface area (Å²) >= 11 is 6.11. The first-order valence-corrected chi connectivity index (χ1v) is 10.6. The quantitative estimate of drug-likeness (QED) is 0.809. The number of H-pyrrole nitrogens is 1. The van der Waals surface area contributed by atoms with Crippen molar-refractivity contribution in [1.29, 1.82) is 0 Å². The van der Waals surface area contributed by atoms with Crippen LogP contribution in [0.3, 0.4) is 0 Å². The van der Waals surface area contributed by atoms with E-state index in [2.05, 4.69) is 15.5 Å². The van der Waals surface area contributed by atoms with Crippen LogP contribution in [0, 0.1) is 26.7 Å². The molecule has 0 aliphatic carbocycles. The molecule has 9 heteroatoms. The van der Waals surface area contributed by atoms with Crippen LogP contribution in [0.15, 0.2) is 23.1 Å². The topological polar surface area (TPSA) is 95.2 Å². The van der Waals surface area contributed by atoms with E-state index in [-0.39, 0.29) is 17.3 Å². The van der Waals surface area contributed by atoms with E-state index in [1.54, 1.807) is 26.0 Å². The van der Waals surface area contributed by atoms with E-state index in [4.69, 9.17) is 11.6 Å². The van der Waals surface area contributed by atoms with Gasteiger partial charge in [0.2, 0.25) is 15.9 Å². The van der Waals surface area contributed by atoms with Crippen LogP contribution in [0.25, 0.3) is 0 Å². The van der Waals surface area contributed by atoms with Crippen molar-refractivity contribution in [2.75, 3.05) is 18.4 Å². The second-order valence-corrected chi connectivity index (χ2v) is 9.20. The lowest BCUT2D eigenvalue weighted by molar-refractivity contribution is -0.120. The number of halogens is 1. The van der Waals surface area contributed by atoms with Crippen LogP contribution in [0.2, 0.25) is 5.02 Å². The average Bonchev–Trinajstić information content (AvgIpc) is 2.97. The fraction of sp³-hybridized carbons (Fsp3) is 0.444. The molecule has 0 radical (unpaired) electrons. The molecule has 0 bridgehead atoms. The van der Waals surface area contributed by atoms with Crippen molar-refractivity contribution in [2.45, 2.75) is 38.5 Å². The molecule has 2 heterocycles. The van der Waals surface area contributed by atoms with Crippen LogP contribution in [0.5, 0.6) is 0 Å². The molecule has 1 aliphatic rings. The number of carbonyl (C=O) groups excluding carboxylic acids is 1. The van der Waals surface area contributed by atoms with Gasteiger partial charge < -0.3 is 5.32 Å². The van der Waals surface area contributed by atoms with Crippen molar-refractivity contribution >= 4 is 33.2 Å². The Kier molecular flexibility index (Phi) is 5.60. The van der Waals surface area contributed by atoms with E-state index in [0.717, 1.165) is 5.56 Å². The van der Waals surface area contributed by atoms with Crippen molar-refractivity contribution in [3.8, 4) is 0 Å². The summed E-state index contributed by atoms with van der Waals surface area (Å²) in [5, 5.41) is 10.1. The van der Waals surface area contributed by atoms with Gasteiger partial charge in [-0.25, -0.2) is 8.42 Å². The largest absolute Gasteiger partial charge is 0.326 e. The van der Waals surface area contributed by atoms with Gasteiger partial charge in [-0.3, -0.25) is 9.89 Å². The minimum atomic E-state index is -3.69. The fourth-order valence-corrected chi connectivity index (χ4v) is 5.38. The van der Waals surface area contributed by atoms with Gasteiger partial charge in [-0.1, -0.05) is 17.7 Å². The monoisotopic (exact) mass is 410 g/mol. The molecule has 0 unspecified atom stereocenters. The van der Waals surface area contributed by atoms with Crippen LogP contribution >= 0.6 is 11.6 Å². The van der Waals surface area contributed by atoms with Crippen LogP contribution in [0.1, 0.15) is 29.8 Å². The minimum absolute atomic E-state index is 0.151. The summed E-state index contributed by atoms with van der Waals surface area (Å²) in [6.07, 6.45) is 1.27. The predicted molar refractivity (Wildman–Crippen MR) is 104 cm³/mol. The second-order valence-electron chi connectivity index (χ2n) is 6.92. The number of nitrogens with zero attached hydrogens (tertiary/aromatic N) is 2. The zero-order valence-corrected chi connectivity index (χ0v) is 17.1. The predicted octanol–water partition coefficient (Wildman–Crippen LogP) is 3.03. The lowest BCUT2D eigenvalue weighted by atomic mass is 9.98. The van der Waals surface area contributed by atoms with Gasteiger partial charge in [-0.2, -0.15) is 9.40 Å². The van der Waals surface area contributed by atoms with Gasteiger partial charge >= 0.3 is 0 Å². The van der Waals surface area contributed by atoms with Gasteiger partial charge in [0.05, 0.1) is 17.3 Å². The minimum Gasteiger partial charge on any atom is -0.326 e. The number of hydrogen-bond acceptors (Lipinski definition) is 4. The SMILES string of the molecule is Cc1ccc(NC(=O)[C@@H]2CCCN(S(=O)(=O)c3c(C)n[nH]c3C)C2)cc1Cl. The third kappa shape index (κ3) is 4.02. The van der Waals surface area contributed by atoms with Crippen molar-refractivity contribution in [1.82, 2.24) is 14.5 Å². The normalized spacial score (nSPS) is 18.4. The highest BCUT2D eigenvalue weighted by atomic mass is 35.5. The molecule has 146 valence electrons. The first kappa shape index (κ1) is 19.9. The summed E-state index contributed by atoms with van der Waals surface area (Å²) < 4.78 is 27.4. The van der Waals surface area contributed by atoms with Crippen molar-refractivity contribution in [3.05, 3.63) is 40.2 Å². The third-order valence-electron chi connectivity index (χ3n) is 4.85. The fourth-order valence-electron chi connectivity index (χ4n) is 3.34.